The average molecular weight is 261 g/mol. The van der Waals surface area contributed by atoms with E-state index in [-0.39, 0.29) is 5.75 Å². The molecular weight excluding hydrogens is 246 g/mol. The maximum absolute atomic E-state index is 10.1. The van der Waals surface area contributed by atoms with E-state index in [0.29, 0.717) is 0 Å². The number of nitrogens with two attached hydrogens (primary N) is 1. The third-order valence-electron chi connectivity index (χ3n) is 3.37. The van der Waals surface area contributed by atoms with Gasteiger partial charge in [-0.1, -0.05) is 60.7 Å². The Bertz CT molecular complexity index is 685. The fraction of sp³-hybridized carbons (Fsp3) is 0. The van der Waals surface area contributed by atoms with Crippen LogP contribution in [-0.2, 0) is 0 Å². The molecule has 98 valence electrons. The number of phenolic OH excluding ortho intramolecular Hbond substituents is 1. The first-order chi connectivity index (χ1) is 9.77. The molecule has 0 aliphatic rings. The first-order valence-electron chi connectivity index (χ1n) is 6.49. The maximum atomic E-state index is 10.1. The van der Waals surface area contributed by atoms with Crippen LogP contribution in [0.15, 0.2) is 72.8 Å². The van der Waals surface area contributed by atoms with E-state index < -0.39 is 0 Å². The zero-order chi connectivity index (χ0) is 13.9. The second kappa shape index (κ2) is 5.10. The molecule has 0 aliphatic heterocycles. The summed E-state index contributed by atoms with van der Waals surface area (Å²) in [5.41, 5.74) is 10.6. The molecule has 0 radical (unpaired) electrons. The minimum atomic E-state index is 0.273. The molecule has 3 aromatic rings. The van der Waals surface area contributed by atoms with Gasteiger partial charge in [-0.25, -0.2) is 0 Å². The van der Waals surface area contributed by atoms with Crippen molar-refractivity contribution in [3.63, 3.8) is 0 Å². The monoisotopic (exact) mass is 261 g/mol. The van der Waals surface area contributed by atoms with Crippen LogP contribution < -0.4 is 5.73 Å². The average Bonchev–Trinajstić information content (AvgIpc) is 2.48. The largest absolute Gasteiger partial charge is 0.507 e. The number of aromatic hydroxyl groups is 1. The van der Waals surface area contributed by atoms with E-state index in [4.69, 9.17) is 5.73 Å². The molecule has 0 aliphatic carbocycles. The third kappa shape index (κ3) is 2.12. The van der Waals surface area contributed by atoms with Crippen molar-refractivity contribution in [2.75, 3.05) is 5.73 Å². The second-order valence-electron chi connectivity index (χ2n) is 4.65. The topological polar surface area (TPSA) is 46.2 Å². The number of hydrogen-bond acceptors (Lipinski definition) is 2. The van der Waals surface area contributed by atoms with Crippen molar-refractivity contribution in [1.29, 1.82) is 0 Å². The van der Waals surface area contributed by atoms with Gasteiger partial charge < -0.3 is 10.8 Å². The van der Waals surface area contributed by atoms with Crippen LogP contribution in [0.5, 0.6) is 5.75 Å². The molecule has 3 aromatic carbocycles. The van der Waals surface area contributed by atoms with E-state index in [0.717, 1.165) is 27.9 Å². The molecule has 0 saturated heterocycles. The van der Waals surface area contributed by atoms with Crippen molar-refractivity contribution in [2.45, 2.75) is 0 Å². The number of phenols is 1. The summed E-state index contributed by atoms with van der Waals surface area (Å²) in [5.74, 6) is 0.273. The first-order valence-corrected chi connectivity index (χ1v) is 6.49. The summed E-state index contributed by atoms with van der Waals surface area (Å²) in [6.45, 7) is 0. The van der Waals surface area contributed by atoms with Crippen molar-refractivity contribution >= 4 is 5.69 Å². The molecule has 0 atom stereocenters. The Hall–Kier alpha value is -2.74. The Balaban J connectivity index is 2.25. The molecule has 0 unspecified atom stereocenters. The summed E-state index contributed by atoms with van der Waals surface area (Å²) in [6.07, 6.45) is 0. The van der Waals surface area contributed by atoms with Gasteiger partial charge in [0.2, 0.25) is 0 Å². The minimum absolute atomic E-state index is 0.273. The van der Waals surface area contributed by atoms with Crippen LogP contribution >= 0.6 is 0 Å². The van der Waals surface area contributed by atoms with E-state index in [1.807, 2.05) is 66.7 Å². The van der Waals surface area contributed by atoms with E-state index in [1.54, 1.807) is 6.07 Å². The smallest absolute Gasteiger partial charge is 0.123 e. The van der Waals surface area contributed by atoms with Gasteiger partial charge in [0.05, 0.1) is 0 Å². The molecule has 0 heterocycles. The fourth-order valence-corrected chi connectivity index (χ4v) is 2.40. The van der Waals surface area contributed by atoms with Gasteiger partial charge in [0.1, 0.15) is 5.75 Å². The summed E-state index contributed by atoms with van der Waals surface area (Å²) < 4.78 is 0. The predicted octanol–water partition coefficient (Wildman–Crippen LogP) is 4.31. The van der Waals surface area contributed by atoms with Crippen LogP contribution in [0.1, 0.15) is 0 Å². The number of hydrogen-bond donors (Lipinski definition) is 2. The lowest BCUT2D eigenvalue weighted by molar-refractivity contribution is 0.477. The zero-order valence-electron chi connectivity index (χ0n) is 11.0. The molecule has 0 amide bonds. The highest BCUT2D eigenvalue weighted by molar-refractivity contribution is 5.90. The summed E-state index contributed by atoms with van der Waals surface area (Å²) in [6, 6.07) is 23.1. The van der Waals surface area contributed by atoms with E-state index in [1.165, 1.54) is 0 Å². The van der Waals surface area contributed by atoms with Crippen LogP contribution in [-0.4, -0.2) is 5.11 Å². The van der Waals surface area contributed by atoms with Crippen molar-refractivity contribution in [1.82, 2.24) is 0 Å². The van der Waals surface area contributed by atoms with E-state index >= 15 is 0 Å². The highest BCUT2D eigenvalue weighted by atomic mass is 16.3. The van der Waals surface area contributed by atoms with Crippen LogP contribution in [0.2, 0.25) is 0 Å². The second-order valence-corrected chi connectivity index (χ2v) is 4.65. The lowest BCUT2D eigenvalue weighted by Crippen LogP contribution is -1.91. The molecule has 0 aromatic heterocycles. The van der Waals surface area contributed by atoms with Gasteiger partial charge in [0.25, 0.3) is 0 Å². The number of benzene rings is 3. The molecule has 2 heteroatoms. The Morgan fingerprint density at radius 3 is 1.60 bits per heavy atom. The quantitative estimate of drug-likeness (QED) is 0.675. The Morgan fingerprint density at radius 1 is 0.550 bits per heavy atom. The minimum Gasteiger partial charge on any atom is -0.507 e. The van der Waals surface area contributed by atoms with Gasteiger partial charge in [-0.2, -0.15) is 0 Å². The maximum Gasteiger partial charge on any atom is 0.123 e. The number of nitrogen functional groups attached to an aromatic ring is 1. The Labute approximate surface area is 118 Å². The van der Waals surface area contributed by atoms with Gasteiger partial charge in [-0.15, -0.1) is 0 Å². The Kier molecular flexibility index (Phi) is 3.13. The molecule has 0 bridgehead atoms. The standard InChI is InChI=1S/C18H15NO/c19-17-11-5-3-9-15(17)13-7-1-2-8-14(13)16-10-4-6-12-18(16)20/h1-12,20H,19H2. The lowest BCUT2D eigenvalue weighted by Gasteiger charge is -2.13. The van der Waals surface area contributed by atoms with E-state index in [9.17, 15) is 5.11 Å². The van der Waals surface area contributed by atoms with Crippen molar-refractivity contribution in [2.24, 2.45) is 0 Å². The molecule has 20 heavy (non-hydrogen) atoms. The summed E-state index contributed by atoms with van der Waals surface area (Å²) in [5, 5.41) is 10.1. The Morgan fingerprint density at radius 2 is 1.00 bits per heavy atom. The summed E-state index contributed by atoms with van der Waals surface area (Å²) in [7, 11) is 0. The van der Waals surface area contributed by atoms with Crippen molar-refractivity contribution in [3.05, 3.63) is 72.8 Å². The van der Waals surface area contributed by atoms with Crippen LogP contribution in [0.25, 0.3) is 22.3 Å². The van der Waals surface area contributed by atoms with Crippen LogP contribution in [0.4, 0.5) is 5.69 Å². The van der Waals surface area contributed by atoms with Crippen LogP contribution in [0.3, 0.4) is 0 Å². The number of rotatable bonds is 2. The molecule has 3 rings (SSSR count). The molecule has 0 spiro atoms. The van der Waals surface area contributed by atoms with Crippen molar-refractivity contribution in [3.8, 4) is 28.0 Å². The van der Waals surface area contributed by atoms with Gasteiger partial charge in [-0.3, -0.25) is 0 Å². The normalized spacial score (nSPS) is 10.4. The highest BCUT2D eigenvalue weighted by Crippen LogP contribution is 2.38. The van der Waals surface area contributed by atoms with Gasteiger partial charge in [0.15, 0.2) is 0 Å². The van der Waals surface area contributed by atoms with Gasteiger partial charge in [-0.05, 0) is 23.3 Å². The molecule has 0 saturated carbocycles. The molecule has 0 fully saturated rings. The first kappa shape index (κ1) is 12.3. The SMILES string of the molecule is Nc1ccccc1-c1ccccc1-c1ccccc1O. The number of anilines is 1. The summed E-state index contributed by atoms with van der Waals surface area (Å²) in [4.78, 5) is 0. The highest BCUT2D eigenvalue weighted by Gasteiger charge is 2.11. The fourth-order valence-electron chi connectivity index (χ4n) is 2.40. The third-order valence-corrected chi connectivity index (χ3v) is 3.37. The lowest BCUT2D eigenvalue weighted by atomic mass is 9.93. The molecular formula is C18H15NO. The van der Waals surface area contributed by atoms with Gasteiger partial charge >= 0.3 is 0 Å². The van der Waals surface area contributed by atoms with Crippen LogP contribution in [0, 0.1) is 0 Å². The number of para-hydroxylation sites is 2. The predicted molar refractivity (Wildman–Crippen MR) is 83.4 cm³/mol. The van der Waals surface area contributed by atoms with E-state index in [2.05, 4.69) is 0 Å². The van der Waals surface area contributed by atoms with Gasteiger partial charge in [0, 0.05) is 16.8 Å². The zero-order valence-corrected chi connectivity index (χ0v) is 11.0. The van der Waals surface area contributed by atoms with Crippen molar-refractivity contribution < 1.29 is 5.11 Å². The molecule has 3 N–H and O–H groups in total. The summed E-state index contributed by atoms with van der Waals surface area (Å²) >= 11 is 0. The molecule has 2 nitrogen and oxygen atoms in total.